The van der Waals surface area contributed by atoms with E-state index >= 15 is 0 Å². The van der Waals surface area contributed by atoms with Gasteiger partial charge in [0, 0.05) is 13.3 Å². The van der Waals surface area contributed by atoms with Gasteiger partial charge in [-0.1, -0.05) is 0 Å². The third-order valence-corrected chi connectivity index (χ3v) is 3.29. The molecule has 0 unspecified atom stereocenters. The Kier molecular flexibility index (Phi) is 6.19. The standard InChI is InChI=1S/C11H20N2O9/c1-4(14)13-7-5(15)2-11(20,10(18)19)22-9(7)8(17)6(16)3-21-12/h5-9,15-17,20H,2-3,12H2,1H3,(H,13,14)(H,18,19)/t5-,6+,7+,8+,9+,11+/m0/s1. The van der Waals surface area contributed by atoms with Gasteiger partial charge in [-0.3, -0.25) is 4.79 Å². The van der Waals surface area contributed by atoms with E-state index in [1.165, 1.54) is 0 Å². The summed E-state index contributed by atoms with van der Waals surface area (Å²) in [6.45, 7) is 0.614. The molecule has 1 amide bonds. The molecule has 11 nitrogen and oxygen atoms in total. The first-order valence-electron chi connectivity index (χ1n) is 6.39. The molecule has 11 heteroatoms. The van der Waals surface area contributed by atoms with E-state index in [-0.39, 0.29) is 0 Å². The van der Waals surface area contributed by atoms with Gasteiger partial charge in [0.15, 0.2) is 0 Å². The van der Waals surface area contributed by atoms with Gasteiger partial charge in [-0.05, 0) is 0 Å². The Balaban J connectivity index is 3.05. The molecule has 0 bridgehead atoms. The van der Waals surface area contributed by atoms with Crippen molar-refractivity contribution >= 4 is 11.9 Å². The van der Waals surface area contributed by atoms with Crippen LogP contribution in [0.15, 0.2) is 0 Å². The van der Waals surface area contributed by atoms with Gasteiger partial charge in [0.25, 0.3) is 5.79 Å². The monoisotopic (exact) mass is 324 g/mol. The molecular formula is C11H20N2O9. The van der Waals surface area contributed by atoms with Gasteiger partial charge in [0.1, 0.15) is 18.3 Å². The summed E-state index contributed by atoms with van der Waals surface area (Å²) < 4.78 is 4.92. The lowest BCUT2D eigenvalue weighted by Crippen LogP contribution is -2.67. The van der Waals surface area contributed by atoms with E-state index in [9.17, 15) is 30.0 Å². The Morgan fingerprint density at radius 1 is 1.50 bits per heavy atom. The Morgan fingerprint density at radius 3 is 2.55 bits per heavy atom. The summed E-state index contributed by atoms with van der Waals surface area (Å²) in [5, 5.41) is 50.7. The zero-order chi connectivity index (χ0) is 17.1. The lowest BCUT2D eigenvalue weighted by molar-refractivity contribution is -0.295. The van der Waals surface area contributed by atoms with Crippen LogP contribution in [-0.2, 0) is 19.2 Å². The molecule has 1 aliphatic heterocycles. The Hall–Kier alpha value is -1.34. The van der Waals surface area contributed by atoms with Crippen molar-refractivity contribution in [1.29, 1.82) is 0 Å². The SMILES string of the molecule is CC(=O)N[C@H]1[C@H]([C@H](O)[C@H](O)CON)O[C@@](O)(C(=O)O)C[C@@H]1O. The second-order valence-corrected chi connectivity index (χ2v) is 5.06. The summed E-state index contributed by atoms with van der Waals surface area (Å²) in [5.74, 6) is -0.379. The van der Waals surface area contributed by atoms with Crippen LogP contribution >= 0.6 is 0 Å². The van der Waals surface area contributed by atoms with Crippen LogP contribution in [0.2, 0.25) is 0 Å². The van der Waals surface area contributed by atoms with Crippen LogP contribution in [0.1, 0.15) is 13.3 Å². The molecule has 8 N–H and O–H groups in total. The van der Waals surface area contributed by atoms with Gasteiger partial charge in [-0.2, -0.15) is 0 Å². The molecule has 1 rings (SSSR count). The molecule has 0 aromatic rings. The van der Waals surface area contributed by atoms with E-state index in [2.05, 4.69) is 10.2 Å². The van der Waals surface area contributed by atoms with Crippen molar-refractivity contribution in [3.05, 3.63) is 0 Å². The maximum Gasteiger partial charge on any atom is 0.364 e. The molecule has 1 fully saturated rings. The molecule has 1 aliphatic rings. The smallest absolute Gasteiger partial charge is 0.364 e. The number of nitrogens with one attached hydrogen (secondary N) is 1. The van der Waals surface area contributed by atoms with Crippen LogP contribution in [0.5, 0.6) is 0 Å². The Bertz CT molecular complexity index is 420. The summed E-state index contributed by atoms with van der Waals surface area (Å²) >= 11 is 0. The van der Waals surface area contributed by atoms with Crippen molar-refractivity contribution in [2.24, 2.45) is 5.90 Å². The summed E-state index contributed by atoms with van der Waals surface area (Å²) in [7, 11) is 0. The third kappa shape index (κ3) is 4.10. The average Bonchev–Trinajstić information content (AvgIpc) is 2.40. The van der Waals surface area contributed by atoms with Crippen molar-refractivity contribution in [3.63, 3.8) is 0 Å². The maximum atomic E-state index is 11.2. The number of aliphatic carboxylic acids is 1. The van der Waals surface area contributed by atoms with Crippen molar-refractivity contribution in [1.82, 2.24) is 5.32 Å². The summed E-state index contributed by atoms with van der Waals surface area (Å²) in [5.41, 5.74) is 0. The second kappa shape index (κ2) is 7.28. The van der Waals surface area contributed by atoms with Gasteiger partial charge < -0.3 is 40.4 Å². The van der Waals surface area contributed by atoms with Crippen LogP contribution in [0.25, 0.3) is 0 Å². The van der Waals surface area contributed by atoms with Gasteiger partial charge >= 0.3 is 5.97 Å². The molecule has 1 saturated heterocycles. The van der Waals surface area contributed by atoms with Crippen LogP contribution in [0, 0.1) is 0 Å². The van der Waals surface area contributed by atoms with Crippen LogP contribution in [-0.4, -0.2) is 80.3 Å². The first-order valence-corrected chi connectivity index (χ1v) is 6.39. The highest BCUT2D eigenvalue weighted by molar-refractivity contribution is 5.76. The van der Waals surface area contributed by atoms with Crippen molar-refractivity contribution < 1.29 is 44.7 Å². The lowest BCUT2D eigenvalue weighted by atomic mass is 9.88. The minimum atomic E-state index is -2.77. The molecule has 6 atom stereocenters. The molecule has 0 spiro atoms. The fraction of sp³-hybridized carbons (Fsp3) is 0.818. The molecule has 128 valence electrons. The molecular weight excluding hydrogens is 304 g/mol. The zero-order valence-electron chi connectivity index (χ0n) is 11.7. The number of aliphatic hydroxyl groups is 4. The highest BCUT2D eigenvalue weighted by atomic mass is 16.7. The predicted octanol–water partition coefficient (Wildman–Crippen LogP) is -3.97. The van der Waals surface area contributed by atoms with Gasteiger partial charge in [-0.15, -0.1) is 0 Å². The Morgan fingerprint density at radius 2 is 2.09 bits per heavy atom. The lowest BCUT2D eigenvalue weighted by Gasteiger charge is -2.44. The van der Waals surface area contributed by atoms with E-state index in [4.69, 9.17) is 15.7 Å². The molecule has 1 heterocycles. The maximum absolute atomic E-state index is 11.2. The molecule has 0 aromatic carbocycles. The first-order chi connectivity index (χ1) is 10.1. The number of ether oxygens (including phenoxy) is 1. The minimum absolute atomic E-state index is 0.518. The normalized spacial score (nSPS) is 34.7. The van der Waals surface area contributed by atoms with Crippen molar-refractivity contribution in [2.45, 2.75) is 49.6 Å². The number of nitrogens with two attached hydrogens (primary N) is 1. The zero-order valence-corrected chi connectivity index (χ0v) is 11.7. The molecule has 0 radical (unpaired) electrons. The average molecular weight is 324 g/mol. The third-order valence-electron chi connectivity index (χ3n) is 3.29. The summed E-state index contributed by atoms with van der Waals surface area (Å²) in [6, 6.07) is -1.25. The largest absolute Gasteiger partial charge is 0.477 e. The molecule has 0 saturated carbocycles. The van der Waals surface area contributed by atoms with E-state index in [0.29, 0.717) is 0 Å². The number of carboxylic acid groups (broad SMARTS) is 1. The topological polar surface area (TPSA) is 192 Å². The highest BCUT2D eigenvalue weighted by Crippen LogP contribution is 2.30. The number of aliphatic hydroxyl groups excluding tert-OH is 3. The summed E-state index contributed by atoms with van der Waals surface area (Å²) in [4.78, 5) is 26.4. The van der Waals surface area contributed by atoms with E-state index in [1.54, 1.807) is 0 Å². The fourth-order valence-electron chi connectivity index (χ4n) is 2.22. The van der Waals surface area contributed by atoms with Gasteiger partial charge in [0.2, 0.25) is 5.91 Å². The van der Waals surface area contributed by atoms with Crippen molar-refractivity contribution in [3.8, 4) is 0 Å². The van der Waals surface area contributed by atoms with E-state index in [1.807, 2.05) is 0 Å². The number of rotatable bonds is 6. The number of hydrogen-bond donors (Lipinski definition) is 7. The number of carboxylic acids is 1. The highest BCUT2D eigenvalue weighted by Gasteiger charge is 2.53. The van der Waals surface area contributed by atoms with Gasteiger partial charge in [0.05, 0.1) is 18.8 Å². The van der Waals surface area contributed by atoms with Crippen LogP contribution < -0.4 is 11.2 Å². The number of hydrogen-bond acceptors (Lipinski definition) is 9. The van der Waals surface area contributed by atoms with Crippen LogP contribution in [0.4, 0.5) is 0 Å². The van der Waals surface area contributed by atoms with E-state index < -0.39 is 61.1 Å². The number of carbonyl (C=O) groups is 2. The van der Waals surface area contributed by atoms with Crippen LogP contribution in [0.3, 0.4) is 0 Å². The van der Waals surface area contributed by atoms with Gasteiger partial charge in [-0.25, -0.2) is 10.7 Å². The van der Waals surface area contributed by atoms with E-state index in [0.717, 1.165) is 6.92 Å². The fourth-order valence-corrected chi connectivity index (χ4v) is 2.22. The molecule has 0 aliphatic carbocycles. The summed E-state index contributed by atoms with van der Waals surface area (Å²) in [6.07, 6.45) is -7.28. The first kappa shape index (κ1) is 18.7. The number of amides is 1. The molecule has 22 heavy (non-hydrogen) atoms. The minimum Gasteiger partial charge on any atom is -0.477 e. The Labute approximate surface area is 125 Å². The number of carbonyl (C=O) groups excluding carboxylic acids is 1. The molecule has 0 aromatic heterocycles. The predicted molar refractivity (Wildman–Crippen MR) is 67.8 cm³/mol. The second-order valence-electron chi connectivity index (χ2n) is 5.06. The quantitative estimate of drug-likeness (QED) is 0.237. The van der Waals surface area contributed by atoms with Crippen molar-refractivity contribution in [2.75, 3.05) is 6.61 Å².